The molecular weight excluding hydrogens is 587 g/mol. The average molecular weight is 610 g/mol. The number of hydrogen-bond acceptors (Lipinski definition) is 6. The second kappa shape index (κ2) is 10.0. The molecule has 0 N–H and O–H groups in total. The second-order valence-corrected chi connectivity index (χ2v) is 10.5. The van der Waals surface area contributed by atoms with E-state index in [1.54, 1.807) is 25.5 Å². The summed E-state index contributed by atoms with van der Waals surface area (Å²) in [5, 5.41) is 1.87. The Morgan fingerprint density at radius 1 is 1.14 bits per heavy atom. The molecule has 3 aromatic carbocycles. The van der Waals surface area contributed by atoms with E-state index >= 15 is 0 Å². The number of carbonyl (C=O) groups excluding carboxylic acids is 1. The van der Waals surface area contributed by atoms with Crippen LogP contribution in [0.25, 0.3) is 16.8 Å². The molecule has 4 aromatic rings. The highest BCUT2D eigenvalue weighted by Gasteiger charge is 2.36. The molecule has 0 amide bonds. The maximum Gasteiger partial charge on any atom is 0.338 e. The van der Waals surface area contributed by atoms with Crippen molar-refractivity contribution in [3.63, 3.8) is 0 Å². The first-order valence-electron chi connectivity index (χ1n) is 11.4. The lowest BCUT2D eigenvalue weighted by atomic mass is 9.90. The van der Waals surface area contributed by atoms with E-state index in [0.717, 1.165) is 25.5 Å². The first-order chi connectivity index (χ1) is 17.4. The van der Waals surface area contributed by atoms with Crippen LogP contribution >= 0.6 is 33.9 Å². The van der Waals surface area contributed by atoms with Crippen molar-refractivity contribution in [3.05, 3.63) is 106 Å². The summed E-state index contributed by atoms with van der Waals surface area (Å²) in [5.74, 6) is 0.0908. The maximum absolute atomic E-state index is 13.9. The Bertz CT molecular complexity index is 1700. The van der Waals surface area contributed by atoms with E-state index in [1.165, 1.54) is 11.3 Å². The number of fused-ring (bicyclic) bond motifs is 2. The van der Waals surface area contributed by atoms with Crippen molar-refractivity contribution in [3.8, 4) is 5.75 Å². The van der Waals surface area contributed by atoms with Gasteiger partial charge in [-0.2, -0.15) is 0 Å². The number of ether oxygens (including phenoxy) is 2. The number of hydrogen-bond donors (Lipinski definition) is 0. The Hall–Kier alpha value is -3.24. The van der Waals surface area contributed by atoms with Gasteiger partial charge in [-0.3, -0.25) is 9.36 Å². The minimum atomic E-state index is -0.750. The van der Waals surface area contributed by atoms with Gasteiger partial charge in [0.2, 0.25) is 0 Å². The number of aromatic nitrogens is 1. The van der Waals surface area contributed by atoms with Crippen LogP contribution in [0.15, 0.2) is 81.7 Å². The van der Waals surface area contributed by atoms with Crippen LogP contribution in [0.5, 0.6) is 5.75 Å². The maximum atomic E-state index is 13.9. The Kier molecular flexibility index (Phi) is 6.81. The molecule has 0 saturated heterocycles. The number of nitrogens with zero attached hydrogens (tertiary/aromatic N) is 2. The second-order valence-electron chi connectivity index (χ2n) is 8.26. The van der Waals surface area contributed by atoms with Gasteiger partial charge in [0.25, 0.3) is 5.56 Å². The van der Waals surface area contributed by atoms with E-state index < -0.39 is 12.0 Å². The molecule has 6 nitrogen and oxygen atoms in total. The molecular formula is C28H23IN2O4S. The van der Waals surface area contributed by atoms with E-state index in [0.29, 0.717) is 26.4 Å². The van der Waals surface area contributed by atoms with Gasteiger partial charge < -0.3 is 9.47 Å². The zero-order valence-electron chi connectivity index (χ0n) is 19.9. The molecule has 36 heavy (non-hydrogen) atoms. The fourth-order valence-corrected chi connectivity index (χ4v) is 5.92. The van der Waals surface area contributed by atoms with Gasteiger partial charge in [-0.1, -0.05) is 53.8 Å². The SMILES string of the molecule is CCOC(=O)C1=C(C)N=c2s/c(=C/c3ccc(I)cc3)c(=O)n2[C@@H]1c1c(OC)ccc2ccccc12. The Balaban J connectivity index is 1.84. The summed E-state index contributed by atoms with van der Waals surface area (Å²) in [4.78, 5) is 32.4. The summed E-state index contributed by atoms with van der Waals surface area (Å²) in [5.41, 5.74) is 2.29. The molecule has 8 heteroatoms. The summed E-state index contributed by atoms with van der Waals surface area (Å²) < 4.78 is 14.5. The number of halogens is 1. The van der Waals surface area contributed by atoms with E-state index in [-0.39, 0.29) is 12.2 Å². The lowest BCUT2D eigenvalue weighted by Gasteiger charge is -2.27. The van der Waals surface area contributed by atoms with Crippen LogP contribution in [0, 0.1) is 3.57 Å². The van der Waals surface area contributed by atoms with Crippen molar-refractivity contribution >= 4 is 56.7 Å². The number of carbonyl (C=O) groups is 1. The van der Waals surface area contributed by atoms with Crippen molar-refractivity contribution in [2.75, 3.05) is 13.7 Å². The third kappa shape index (κ3) is 4.28. The minimum Gasteiger partial charge on any atom is -0.496 e. The molecule has 0 aliphatic carbocycles. The van der Waals surface area contributed by atoms with Crippen molar-refractivity contribution < 1.29 is 14.3 Å². The molecule has 1 aromatic heterocycles. The number of rotatable bonds is 5. The molecule has 182 valence electrons. The predicted molar refractivity (Wildman–Crippen MR) is 150 cm³/mol. The van der Waals surface area contributed by atoms with Crippen LogP contribution in [0.2, 0.25) is 0 Å². The smallest absolute Gasteiger partial charge is 0.338 e. The minimum absolute atomic E-state index is 0.215. The summed E-state index contributed by atoms with van der Waals surface area (Å²) in [6, 6.07) is 18.9. The monoisotopic (exact) mass is 610 g/mol. The van der Waals surface area contributed by atoms with Gasteiger partial charge in [0.05, 0.1) is 29.5 Å². The Morgan fingerprint density at radius 2 is 1.89 bits per heavy atom. The predicted octanol–water partition coefficient (Wildman–Crippen LogP) is 4.56. The third-order valence-electron chi connectivity index (χ3n) is 6.11. The summed E-state index contributed by atoms with van der Waals surface area (Å²) >= 11 is 3.56. The molecule has 1 aliphatic heterocycles. The average Bonchev–Trinajstić information content (AvgIpc) is 3.18. The summed E-state index contributed by atoms with van der Waals surface area (Å²) in [7, 11) is 1.59. The Morgan fingerprint density at radius 3 is 2.61 bits per heavy atom. The molecule has 5 rings (SSSR count). The molecule has 0 spiro atoms. The van der Waals surface area contributed by atoms with Crippen LogP contribution < -0.4 is 19.6 Å². The molecule has 0 fully saturated rings. The van der Waals surface area contributed by atoms with Crippen molar-refractivity contribution in [2.45, 2.75) is 19.9 Å². The zero-order chi connectivity index (χ0) is 25.4. The fraction of sp³-hybridized carbons (Fsp3) is 0.179. The largest absolute Gasteiger partial charge is 0.496 e. The van der Waals surface area contributed by atoms with Gasteiger partial charge in [-0.15, -0.1) is 0 Å². The van der Waals surface area contributed by atoms with Crippen LogP contribution in [0.1, 0.15) is 31.0 Å². The van der Waals surface area contributed by atoms with Gasteiger partial charge in [0.15, 0.2) is 4.80 Å². The first kappa shape index (κ1) is 24.5. The van der Waals surface area contributed by atoms with Crippen LogP contribution in [-0.2, 0) is 9.53 Å². The molecule has 0 bridgehead atoms. The van der Waals surface area contributed by atoms with E-state index in [2.05, 4.69) is 27.6 Å². The highest BCUT2D eigenvalue weighted by Crippen LogP contribution is 2.40. The highest BCUT2D eigenvalue weighted by atomic mass is 127. The van der Waals surface area contributed by atoms with Gasteiger partial charge in [0, 0.05) is 9.13 Å². The summed E-state index contributed by atoms with van der Waals surface area (Å²) in [6.07, 6.45) is 1.86. The highest BCUT2D eigenvalue weighted by molar-refractivity contribution is 14.1. The van der Waals surface area contributed by atoms with Gasteiger partial charge >= 0.3 is 5.97 Å². The van der Waals surface area contributed by atoms with Crippen LogP contribution in [0.3, 0.4) is 0 Å². The first-order valence-corrected chi connectivity index (χ1v) is 13.3. The normalized spacial score (nSPS) is 15.6. The topological polar surface area (TPSA) is 69.9 Å². The zero-order valence-corrected chi connectivity index (χ0v) is 22.9. The van der Waals surface area contributed by atoms with Gasteiger partial charge in [-0.25, -0.2) is 9.79 Å². The van der Waals surface area contributed by atoms with Crippen molar-refractivity contribution in [1.82, 2.24) is 4.57 Å². The van der Waals surface area contributed by atoms with E-state index in [4.69, 9.17) is 9.47 Å². The molecule has 1 atom stereocenters. The lowest BCUT2D eigenvalue weighted by molar-refractivity contribution is -0.139. The van der Waals surface area contributed by atoms with Gasteiger partial charge in [0.1, 0.15) is 11.8 Å². The standard InChI is InChI=1S/C28H23IN2O4S/c1-4-35-27(33)23-16(2)30-28-31(26(32)22(36-28)15-17-9-12-19(29)13-10-17)25(23)24-20-8-6-5-7-18(20)11-14-21(24)34-3/h5-15,25H,4H2,1-3H3/b22-15+/t25-/m0/s1. The van der Waals surface area contributed by atoms with E-state index in [1.807, 2.05) is 66.7 Å². The number of benzene rings is 3. The number of methoxy groups -OCH3 is 1. The lowest BCUT2D eigenvalue weighted by Crippen LogP contribution is -2.40. The van der Waals surface area contributed by atoms with Crippen molar-refractivity contribution in [2.24, 2.45) is 4.99 Å². The molecule has 0 saturated carbocycles. The molecule has 0 radical (unpaired) electrons. The summed E-state index contributed by atoms with van der Waals surface area (Å²) in [6.45, 7) is 3.76. The Labute approximate surface area is 225 Å². The molecule has 2 heterocycles. The number of allylic oxidation sites excluding steroid dienone is 1. The van der Waals surface area contributed by atoms with Crippen LogP contribution in [-0.4, -0.2) is 24.3 Å². The van der Waals surface area contributed by atoms with E-state index in [9.17, 15) is 9.59 Å². The van der Waals surface area contributed by atoms with Crippen molar-refractivity contribution in [1.29, 1.82) is 0 Å². The molecule has 0 unspecified atom stereocenters. The number of thiazole rings is 1. The fourth-order valence-electron chi connectivity index (χ4n) is 4.51. The third-order valence-corrected chi connectivity index (χ3v) is 7.81. The molecule has 1 aliphatic rings. The number of esters is 1. The van der Waals surface area contributed by atoms with Gasteiger partial charge in [-0.05, 0) is 77.0 Å². The van der Waals surface area contributed by atoms with Crippen LogP contribution in [0.4, 0.5) is 0 Å². The quantitative estimate of drug-likeness (QED) is 0.246.